The summed E-state index contributed by atoms with van der Waals surface area (Å²) in [5.74, 6) is 0.666. The van der Waals surface area contributed by atoms with Gasteiger partial charge in [0, 0.05) is 38.2 Å². The topological polar surface area (TPSA) is 52.1 Å². The zero-order valence-electron chi connectivity index (χ0n) is 31.2. The molecule has 0 aliphatic heterocycles. The highest BCUT2D eigenvalue weighted by molar-refractivity contribution is 6.14. The van der Waals surface area contributed by atoms with Gasteiger partial charge in [-0.15, -0.1) is 0 Å². The van der Waals surface area contributed by atoms with E-state index in [1.54, 1.807) is 0 Å². The fourth-order valence-electron chi connectivity index (χ4n) is 8.64. The third-order valence-electron chi connectivity index (χ3n) is 11.4. The van der Waals surface area contributed by atoms with Gasteiger partial charge in [0.1, 0.15) is 22.3 Å². The number of aromatic nitrogens is 2. The molecule has 0 N–H and O–H groups in total. The molecule has 3 heterocycles. The zero-order valence-corrected chi connectivity index (χ0v) is 31.2. The van der Waals surface area contributed by atoms with Crippen LogP contribution in [0.2, 0.25) is 0 Å². The van der Waals surface area contributed by atoms with Crippen molar-refractivity contribution in [2.45, 2.75) is 0 Å². The molecule has 270 valence electrons. The van der Waals surface area contributed by atoms with Gasteiger partial charge < -0.3 is 8.83 Å². The van der Waals surface area contributed by atoms with Gasteiger partial charge in [-0.25, -0.2) is 9.97 Å². The van der Waals surface area contributed by atoms with E-state index in [-0.39, 0.29) is 0 Å². The third kappa shape index (κ3) is 5.31. The van der Waals surface area contributed by atoms with Crippen molar-refractivity contribution in [3.8, 4) is 56.2 Å². The Morgan fingerprint density at radius 2 is 0.793 bits per heavy atom. The van der Waals surface area contributed by atoms with Crippen molar-refractivity contribution < 1.29 is 8.83 Å². The predicted octanol–water partition coefficient (Wildman–Crippen LogP) is 14.9. The van der Waals surface area contributed by atoms with E-state index in [0.29, 0.717) is 5.82 Å². The zero-order chi connectivity index (χ0) is 38.2. The molecule has 12 aromatic rings. The largest absolute Gasteiger partial charge is 0.456 e. The van der Waals surface area contributed by atoms with Crippen LogP contribution in [0, 0.1) is 0 Å². The van der Waals surface area contributed by atoms with Crippen LogP contribution in [0.3, 0.4) is 0 Å². The lowest BCUT2D eigenvalue weighted by Crippen LogP contribution is -1.96. The number of rotatable bonds is 5. The molecule has 3 aromatic heterocycles. The molecule has 0 saturated heterocycles. The third-order valence-corrected chi connectivity index (χ3v) is 11.4. The minimum absolute atomic E-state index is 0.666. The molecule has 0 bridgehead atoms. The van der Waals surface area contributed by atoms with Crippen LogP contribution in [-0.2, 0) is 0 Å². The molecule has 58 heavy (non-hydrogen) atoms. The second kappa shape index (κ2) is 12.9. The van der Waals surface area contributed by atoms with E-state index in [1.165, 1.54) is 27.1 Å². The van der Waals surface area contributed by atoms with Crippen molar-refractivity contribution in [1.82, 2.24) is 9.97 Å². The summed E-state index contributed by atoms with van der Waals surface area (Å²) >= 11 is 0. The van der Waals surface area contributed by atoms with Crippen molar-refractivity contribution in [3.63, 3.8) is 0 Å². The highest BCUT2D eigenvalue weighted by Gasteiger charge is 2.17. The van der Waals surface area contributed by atoms with Crippen LogP contribution in [-0.4, -0.2) is 9.97 Å². The molecule has 0 unspecified atom stereocenters. The minimum Gasteiger partial charge on any atom is -0.456 e. The summed E-state index contributed by atoms with van der Waals surface area (Å²) < 4.78 is 12.5. The van der Waals surface area contributed by atoms with Crippen LogP contribution in [0.1, 0.15) is 0 Å². The van der Waals surface area contributed by atoms with Crippen molar-refractivity contribution >= 4 is 65.4 Å². The normalized spacial score (nSPS) is 11.8. The maximum atomic E-state index is 6.25. The fourth-order valence-corrected chi connectivity index (χ4v) is 8.64. The number of para-hydroxylation sites is 2. The molecule has 0 atom stereocenters. The van der Waals surface area contributed by atoms with Crippen LogP contribution in [0.5, 0.6) is 0 Å². The van der Waals surface area contributed by atoms with Crippen LogP contribution in [0.4, 0.5) is 0 Å². The minimum atomic E-state index is 0.666. The number of benzene rings is 9. The van der Waals surface area contributed by atoms with Gasteiger partial charge >= 0.3 is 0 Å². The van der Waals surface area contributed by atoms with Crippen LogP contribution >= 0.6 is 0 Å². The maximum Gasteiger partial charge on any atom is 0.160 e. The van der Waals surface area contributed by atoms with Crippen LogP contribution < -0.4 is 0 Å². The van der Waals surface area contributed by atoms with Gasteiger partial charge in [0.2, 0.25) is 0 Å². The molecule has 4 heteroatoms. The fraction of sp³-hybridized carbons (Fsp3) is 0. The summed E-state index contributed by atoms with van der Waals surface area (Å²) in [4.78, 5) is 10.5. The highest BCUT2D eigenvalue weighted by Crippen LogP contribution is 2.41. The molecule has 0 aliphatic carbocycles. The molecule has 0 spiro atoms. The molecule has 0 aliphatic rings. The quantitative estimate of drug-likeness (QED) is 0.165. The van der Waals surface area contributed by atoms with E-state index in [4.69, 9.17) is 18.8 Å². The van der Waals surface area contributed by atoms with Gasteiger partial charge in [0.05, 0.1) is 11.4 Å². The first-order valence-electron chi connectivity index (χ1n) is 19.5. The average molecular weight is 741 g/mol. The van der Waals surface area contributed by atoms with Gasteiger partial charge in [0.15, 0.2) is 5.82 Å². The lowest BCUT2D eigenvalue weighted by Gasteiger charge is -2.15. The Bertz CT molecular complexity index is 3580. The second-order valence-corrected chi connectivity index (χ2v) is 14.9. The van der Waals surface area contributed by atoms with E-state index < -0.39 is 0 Å². The average Bonchev–Trinajstić information content (AvgIpc) is 3.86. The summed E-state index contributed by atoms with van der Waals surface area (Å²) in [6.07, 6.45) is 0. The summed E-state index contributed by atoms with van der Waals surface area (Å²) in [5.41, 5.74) is 12.6. The number of fused-ring (bicyclic) bond motifs is 9. The monoisotopic (exact) mass is 740 g/mol. The highest BCUT2D eigenvalue weighted by atomic mass is 16.3. The molecule has 0 amide bonds. The Kier molecular flexibility index (Phi) is 7.20. The van der Waals surface area contributed by atoms with E-state index in [1.807, 2.05) is 48.5 Å². The van der Waals surface area contributed by atoms with Gasteiger partial charge in [-0.1, -0.05) is 121 Å². The first-order valence-corrected chi connectivity index (χ1v) is 19.5. The molecule has 0 fully saturated rings. The Morgan fingerprint density at radius 3 is 1.52 bits per heavy atom. The number of furan rings is 2. The Hall–Kier alpha value is -7.82. The van der Waals surface area contributed by atoms with Crippen LogP contribution in [0.25, 0.3) is 122 Å². The number of hydrogen-bond acceptors (Lipinski definition) is 4. The molecule has 4 nitrogen and oxygen atoms in total. The van der Waals surface area contributed by atoms with Gasteiger partial charge in [-0.05, 0) is 117 Å². The first-order chi connectivity index (χ1) is 28.7. The lowest BCUT2D eigenvalue weighted by atomic mass is 9.89. The van der Waals surface area contributed by atoms with E-state index in [9.17, 15) is 0 Å². The summed E-state index contributed by atoms with van der Waals surface area (Å²) in [7, 11) is 0. The summed E-state index contributed by atoms with van der Waals surface area (Å²) in [6, 6.07) is 68.2. The van der Waals surface area contributed by atoms with Gasteiger partial charge in [-0.3, -0.25) is 0 Å². The lowest BCUT2D eigenvalue weighted by molar-refractivity contribution is 0.668. The Labute approximate surface area is 333 Å². The molecular weight excluding hydrogens is 709 g/mol. The summed E-state index contributed by atoms with van der Waals surface area (Å²) in [6.45, 7) is 0. The van der Waals surface area contributed by atoms with E-state index in [2.05, 4.69) is 146 Å². The van der Waals surface area contributed by atoms with Crippen LogP contribution in [0.15, 0.2) is 203 Å². The predicted molar refractivity (Wildman–Crippen MR) is 239 cm³/mol. The number of nitrogens with zero attached hydrogens (tertiary/aromatic N) is 2. The molecule has 0 saturated carbocycles. The molecule has 9 aromatic carbocycles. The first kappa shape index (κ1) is 32.4. The van der Waals surface area contributed by atoms with Crippen molar-refractivity contribution in [2.24, 2.45) is 0 Å². The van der Waals surface area contributed by atoms with Crippen molar-refractivity contribution in [1.29, 1.82) is 0 Å². The van der Waals surface area contributed by atoms with E-state index in [0.717, 1.165) is 88.6 Å². The van der Waals surface area contributed by atoms with Gasteiger partial charge in [0.25, 0.3) is 0 Å². The van der Waals surface area contributed by atoms with Crippen molar-refractivity contribution in [2.75, 3.05) is 0 Å². The Balaban J connectivity index is 1.12. The number of hydrogen-bond donors (Lipinski definition) is 0. The standard InChI is InChI=1S/C54H32N2O2/c1-2-12-33(13-3-1)54-55-48(36-23-25-53-47(31-36)44-19-9-11-21-51(44)58-53)32-49(56-54)39-27-37(34-22-24-52-46(29-34)43-18-8-10-20-50(43)57-52)26-38(28-39)45-30-35-14-4-5-15-40(35)41-16-6-7-17-42(41)45/h1-32H. The molecular formula is C54H32N2O2. The van der Waals surface area contributed by atoms with E-state index >= 15 is 0 Å². The van der Waals surface area contributed by atoms with Crippen molar-refractivity contribution in [3.05, 3.63) is 194 Å². The molecule has 12 rings (SSSR count). The smallest absolute Gasteiger partial charge is 0.160 e. The SMILES string of the molecule is c1ccc(-c2nc(-c3cc(-c4ccc5oc6ccccc6c5c4)cc(-c4cc5ccccc5c5ccccc45)c3)cc(-c3ccc4oc5ccccc5c4c3)n2)cc1. The Morgan fingerprint density at radius 1 is 0.276 bits per heavy atom. The van der Waals surface area contributed by atoms with Gasteiger partial charge in [-0.2, -0.15) is 0 Å². The second-order valence-electron chi connectivity index (χ2n) is 14.9. The summed E-state index contributed by atoms with van der Waals surface area (Å²) in [5, 5.41) is 9.21. The maximum absolute atomic E-state index is 6.25. The molecule has 0 radical (unpaired) electrons.